The van der Waals surface area contributed by atoms with Crippen LogP contribution < -0.4 is 16.0 Å². The van der Waals surface area contributed by atoms with Crippen LogP contribution in [0.4, 0.5) is 17.5 Å². The van der Waals surface area contributed by atoms with Crippen molar-refractivity contribution in [2.45, 2.75) is 12.8 Å². The summed E-state index contributed by atoms with van der Waals surface area (Å²) in [6.07, 6.45) is 2.46. The Kier molecular flexibility index (Phi) is 5.65. The van der Waals surface area contributed by atoms with Crippen LogP contribution >= 0.6 is 0 Å². The first-order chi connectivity index (χ1) is 15.0. The SMILES string of the molecule is O=C1NCCc2cc(Nc3ncc(C(=O)O)c(NCCc4ccccc4O)n3)ccc21. The minimum atomic E-state index is -1.14. The van der Waals surface area contributed by atoms with Gasteiger partial charge in [-0.1, -0.05) is 18.2 Å². The maximum absolute atomic E-state index is 11.9. The summed E-state index contributed by atoms with van der Waals surface area (Å²) >= 11 is 0. The molecule has 1 amide bonds. The number of amides is 1. The summed E-state index contributed by atoms with van der Waals surface area (Å²) in [5.41, 5.74) is 2.97. The summed E-state index contributed by atoms with van der Waals surface area (Å²) in [6.45, 7) is 0.965. The van der Waals surface area contributed by atoms with Gasteiger partial charge in [-0.25, -0.2) is 9.78 Å². The van der Waals surface area contributed by atoms with Crippen LogP contribution in [0, 0.1) is 0 Å². The number of phenolic OH excluding ortho intramolecular Hbond substituents is 1. The number of aromatic nitrogens is 2. The number of aromatic carboxylic acids is 1. The summed E-state index contributed by atoms with van der Waals surface area (Å²) < 4.78 is 0. The summed E-state index contributed by atoms with van der Waals surface area (Å²) in [6, 6.07) is 12.3. The normalized spacial score (nSPS) is 12.6. The highest BCUT2D eigenvalue weighted by molar-refractivity contribution is 5.97. The molecule has 0 fully saturated rings. The van der Waals surface area contributed by atoms with Gasteiger partial charge in [-0.05, 0) is 48.2 Å². The fourth-order valence-corrected chi connectivity index (χ4v) is 3.41. The van der Waals surface area contributed by atoms with Crippen molar-refractivity contribution in [3.05, 3.63) is 70.9 Å². The molecular weight excluding hydrogens is 398 g/mol. The molecule has 31 heavy (non-hydrogen) atoms. The fourth-order valence-electron chi connectivity index (χ4n) is 3.41. The number of hydrogen-bond acceptors (Lipinski definition) is 7. The second-order valence-electron chi connectivity index (χ2n) is 7.07. The van der Waals surface area contributed by atoms with Crippen LogP contribution in [0.3, 0.4) is 0 Å². The molecule has 0 bridgehead atoms. The van der Waals surface area contributed by atoms with E-state index < -0.39 is 5.97 Å². The van der Waals surface area contributed by atoms with Gasteiger partial charge in [-0.3, -0.25) is 4.79 Å². The quantitative estimate of drug-likeness (QED) is 0.394. The summed E-state index contributed by atoms with van der Waals surface area (Å²) in [4.78, 5) is 31.9. The van der Waals surface area contributed by atoms with Gasteiger partial charge >= 0.3 is 5.97 Å². The molecule has 1 aliphatic heterocycles. The summed E-state index contributed by atoms with van der Waals surface area (Å²) in [7, 11) is 0. The third kappa shape index (κ3) is 4.55. The molecule has 158 valence electrons. The van der Waals surface area contributed by atoms with Gasteiger partial charge in [0.05, 0.1) is 0 Å². The first kappa shape index (κ1) is 20.1. The molecular formula is C22H21N5O4. The number of phenols is 1. The number of hydrogen-bond donors (Lipinski definition) is 5. The first-order valence-electron chi connectivity index (χ1n) is 9.80. The average Bonchev–Trinajstić information content (AvgIpc) is 2.75. The lowest BCUT2D eigenvalue weighted by Crippen LogP contribution is -2.31. The molecule has 0 radical (unpaired) electrons. The minimum absolute atomic E-state index is 0.0510. The van der Waals surface area contributed by atoms with Crippen molar-refractivity contribution in [2.24, 2.45) is 0 Å². The lowest BCUT2D eigenvalue weighted by Gasteiger charge is -2.17. The van der Waals surface area contributed by atoms with Gasteiger partial charge in [0.15, 0.2) is 0 Å². The number of carboxylic acid groups (broad SMARTS) is 1. The van der Waals surface area contributed by atoms with E-state index in [1.165, 1.54) is 6.20 Å². The zero-order valence-electron chi connectivity index (χ0n) is 16.6. The largest absolute Gasteiger partial charge is 0.508 e. The molecule has 9 heteroatoms. The van der Waals surface area contributed by atoms with Crippen LogP contribution in [0.25, 0.3) is 0 Å². The maximum Gasteiger partial charge on any atom is 0.341 e. The highest BCUT2D eigenvalue weighted by Gasteiger charge is 2.17. The zero-order valence-corrected chi connectivity index (χ0v) is 16.6. The van der Waals surface area contributed by atoms with E-state index in [9.17, 15) is 19.8 Å². The van der Waals surface area contributed by atoms with Crippen molar-refractivity contribution in [2.75, 3.05) is 23.7 Å². The molecule has 2 heterocycles. The van der Waals surface area contributed by atoms with E-state index in [0.717, 1.165) is 17.5 Å². The highest BCUT2D eigenvalue weighted by Crippen LogP contribution is 2.23. The highest BCUT2D eigenvalue weighted by atomic mass is 16.4. The molecule has 0 saturated heterocycles. The number of anilines is 3. The molecule has 9 nitrogen and oxygen atoms in total. The van der Waals surface area contributed by atoms with Crippen LogP contribution in [-0.4, -0.2) is 45.1 Å². The van der Waals surface area contributed by atoms with Crippen molar-refractivity contribution in [1.82, 2.24) is 15.3 Å². The molecule has 0 atom stereocenters. The number of carbonyl (C=O) groups excluding carboxylic acids is 1. The van der Waals surface area contributed by atoms with E-state index in [4.69, 9.17) is 0 Å². The van der Waals surface area contributed by atoms with Crippen LogP contribution in [0.5, 0.6) is 5.75 Å². The zero-order chi connectivity index (χ0) is 21.8. The third-order valence-corrected chi connectivity index (χ3v) is 4.98. The predicted molar refractivity (Wildman–Crippen MR) is 115 cm³/mol. The van der Waals surface area contributed by atoms with Gasteiger partial charge in [0.2, 0.25) is 5.95 Å². The van der Waals surface area contributed by atoms with Crippen LogP contribution in [0.1, 0.15) is 31.8 Å². The summed E-state index contributed by atoms with van der Waals surface area (Å²) in [5.74, 6) is -0.635. The van der Waals surface area contributed by atoms with Crippen molar-refractivity contribution in [3.8, 4) is 5.75 Å². The average molecular weight is 419 g/mol. The minimum Gasteiger partial charge on any atom is -0.508 e. The molecule has 0 aliphatic carbocycles. The lowest BCUT2D eigenvalue weighted by atomic mass is 10.00. The summed E-state index contributed by atoms with van der Waals surface area (Å²) in [5, 5.41) is 28.2. The van der Waals surface area contributed by atoms with Crippen molar-refractivity contribution >= 4 is 29.3 Å². The number of carbonyl (C=O) groups is 2. The van der Waals surface area contributed by atoms with E-state index in [1.807, 2.05) is 12.1 Å². The smallest absolute Gasteiger partial charge is 0.341 e. The number of nitrogens with zero attached hydrogens (tertiary/aromatic N) is 2. The topological polar surface area (TPSA) is 136 Å². The molecule has 0 saturated carbocycles. The third-order valence-electron chi connectivity index (χ3n) is 4.98. The van der Waals surface area contributed by atoms with Crippen LogP contribution in [-0.2, 0) is 12.8 Å². The maximum atomic E-state index is 11.9. The van der Waals surface area contributed by atoms with Gasteiger partial charge in [0.25, 0.3) is 5.91 Å². The molecule has 0 unspecified atom stereocenters. The van der Waals surface area contributed by atoms with Gasteiger partial charge < -0.3 is 26.2 Å². The number of para-hydroxylation sites is 1. The van der Waals surface area contributed by atoms with Crippen LogP contribution in [0.15, 0.2) is 48.7 Å². The molecule has 0 spiro atoms. The molecule has 1 aromatic heterocycles. The molecule has 4 rings (SSSR count). The van der Waals surface area contributed by atoms with E-state index >= 15 is 0 Å². The Morgan fingerprint density at radius 3 is 2.84 bits per heavy atom. The van der Waals surface area contributed by atoms with E-state index in [1.54, 1.807) is 30.3 Å². The molecule has 5 N–H and O–H groups in total. The Balaban J connectivity index is 1.51. The Labute approximate surface area is 178 Å². The van der Waals surface area contributed by atoms with Gasteiger partial charge in [0.1, 0.15) is 17.1 Å². The number of carboxylic acids is 1. The fraction of sp³-hybridized carbons (Fsp3) is 0.182. The van der Waals surface area contributed by atoms with Crippen molar-refractivity contribution in [1.29, 1.82) is 0 Å². The monoisotopic (exact) mass is 419 g/mol. The van der Waals surface area contributed by atoms with E-state index in [0.29, 0.717) is 30.8 Å². The molecule has 2 aromatic carbocycles. The number of aromatic hydroxyl groups is 1. The van der Waals surface area contributed by atoms with E-state index in [2.05, 4.69) is 25.9 Å². The number of rotatable bonds is 7. The second-order valence-corrected chi connectivity index (χ2v) is 7.07. The van der Waals surface area contributed by atoms with Gasteiger partial charge in [0, 0.05) is 30.5 Å². The number of nitrogens with one attached hydrogen (secondary N) is 3. The Hall–Kier alpha value is -4.14. The first-order valence-corrected chi connectivity index (χ1v) is 9.80. The Bertz CT molecular complexity index is 1150. The predicted octanol–water partition coefficient (Wildman–Crippen LogP) is 2.56. The second kappa shape index (κ2) is 8.70. The number of benzene rings is 2. The standard InChI is InChI=1S/C22H21N5O4/c28-18-4-2-1-3-13(18)7-9-23-19-17(21(30)31)12-25-22(27-19)26-15-5-6-16-14(11-15)8-10-24-20(16)29/h1-6,11-12,28H,7-10H2,(H,24,29)(H,30,31)(H2,23,25,26,27). The lowest BCUT2D eigenvalue weighted by molar-refractivity contribution is 0.0696. The van der Waals surface area contributed by atoms with Gasteiger partial charge in [-0.15, -0.1) is 0 Å². The van der Waals surface area contributed by atoms with Crippen molar-refractivity contribution in [3.63, 3.8) is 0 Å². The van der Waals surface area contributed by atoms with Crippen LogP contribution in [0.2, 0.25) is 0 Å². The Morgan fingerprint density at radius 2 is 2.03 bits per heavy atom. The molecule has 1 aliphatic rings. The van der Waals surface area contributed by atoms with E-state index in [-0.39, 0.29) is 29.0 Å². The number of fused-ring (bicyclic) bond motifs is 1. The van der Waals surface area contributed by atoms with Gasteiger partial charge in [-0.2, -0.15) is 4.98 Å². The van der Waals surface area contributed by atoms with Crippen molar-refractivity contribution < 1.29 is 19.8 Å². The molecule has 3 aromatic rings. The Morgan fingerprint density at radius 1 is 1.19 bits per heavy atom.